The monoisotopic (exact) mass is 225 g/mol. The average molecular weight is 225 g/mol. The summed E-state index contributed by atoms with van der Waals surface area (Å²) in [5.74, 6) is 0.943. The van der Waals surface area contributed by atoms with Crippen LogP contribution >= 0.6 is 0 Å². The van der Waals surface area contributed by atoms with Crippen LogP contribution in [0.2, 0.25) is 0 Å². The summed E-state index contributed by atoms with van der Waals surface area (Å²) in [4.78, 5) is 5.21. The first kappa shape index (κ1) is 12.3. The van der Waals surface area contributed by atoms with Crippen LogP contribution in [0.3, 0.4) is 0 Å². The minimum Gasteiger partial charge on any atom is -0.316 e. The van der Waals surface area contributed by atoms with E-state index >= 15 is 0 Å². The summed E-state index contributed by atoms with van der Waals surface area (Å²) in [5, 5.41) is 3.51. The van der Waals surface area contributed by atoms with E-state index in [0.717, 1.165) is 5.92 Å². The zero-order valence-electron chi connectivity index (χ0n) is 10.7. The zero-order chi connectivity index (χ0) is 11.2. The van der Waals surface area contributed by atoms with Crippen LogP contribution in [0.4, 0.5) is 0 Å². The molecule has 2 aliphatic heterocycles. The Morgan fingerprint density at radius 2 is 1.88 bits per heavy atom. The lowest BCUT2D eigenvalue weighted by atomic mass is 9.96. The first-order chi connectivity index (χ1) is 7.88. The largest absolute Gasteiger partial charge is 0.316 e. The summed E-state index contributed by atoms with van der Waals surface area (Å²) in [7, 11) is 0. The third kappa shape index (κ3) is 3.72. The molecule has 0 aromatic heterocycles. The van der Waals surface area contributed by atoms with Crippen LogP contribution in [0.25, 0.3) is 0 Å². The summed E-state index contributed by atoms with van der Waals surface area (Å²) >= 11 is 0. The van der Waals surface area contributed by atoms with Gasteiger partial charge in [-0.25, -0.2) is 0 Å². The van der Waals surface area contributed by atoms with Crippen molar-refractivity contribution in [2.75, 3.05) is 52.4 Å². The van der Waals surface area contributed by atoms with E-state index in [1.54, 1.807) is 0 Å². The standard InChI is InChI=1S/C13H27N3/c1-2-15-8-10-16(11-9-15)7-5-13-4-3-6-14-12-13/h13-14H,2-12H2,1H3/t13-/m1/s1. The Labute approximate surface area is 100 Å². The van der Waals surface area contributed by atoms with Gasteiger partial charge in [0.05, 0.1) is 0 Å². The maximum Gasteiger partial charge on any atom is 0.0110 e. The van der Waals surface area contributed by atoms with Gasteiger partial charge in [0, 0.05) is 26.2 Å². The van der Waals surface area contributed by atoms with Gasteiger partial charge >= 0.3 is 0 Å². The number of piperidine rings is 1. The molecular formula is C13H27N3. The van der Waals surface area contributed by atoms with Crippen molar-refractivity contribution in [3.8, 4) is 0 Å². The lowest BCUT2D eigenvalue weighted by Gasteiger charge is -2.35. The molecule has 94 valence electrons. The van der Waals surface area contributed by atoms with Gasteiger partial charge in [0.15, 0.2) is 0 Å². The predicted molar refractivity (Wildman–Crippen MR) is 68.8 cm³/mol. The lowest BCUT2D eigenvalue weighted by Crippen LogP contribution is -2.46. The number of nitrogens with zero attached hydrogens (tertiary/aromatic N) is 2. The molecule has 0 aliphatic carbocycles. The Morgan fingerprint density at radius 1 is 1.12 bits per heavy atom. The van der Waals surface area contributed by atoms with E-state index in [2.05, 4.69) is 22.0 Å². The molecular weight excluding hydrogens is 198 g/mol. The first-order valence-electron chi connectivity index (χ1n) is 7.04. The molecule has 0 radical (unpaired) electrons. The smallest absolute Gasteiger partial charge is 0.0110 e. The highest BCUT2D eigenvalue weighted by Gasteiger charge is 2.18. The lowest BCUT2D eigenvalue weighted by molar-refractivity contribution is 0.129. The van der Waals surface area contributed by atoms with Crippen molar-refractivity contribution >= 4 is 0 Å². The van der Waals surface area contributed by atoms with E-state index in [0.29, 0.717) is 0 Å². The molecule has 16 heavy (non-hydrogen) atoms. The number of hydrogen-bond donors (Lipinski definition) is 1. The Bertz CT molecular complexity index is 182. The van der Waals surface area contributed by atoms with Gasteiger partial charge < -0.3 is 15.1 Å². The Morgan fingerprint density at radius 3 is 2.50 bits per heavy atom. The van der Waals surface area contributed by atoms with Gasteiger partial charge in [-0.05, 0) is 51.4 Å². The van der Waals surface area contributed by atoms with Crippen LogP contribution in [0.15, 0.2) is 0 Å². The fourth-order valence-corrected chi connectivity index (χ4v) is 2.86. The van der Waals surface area contributed by atoms with Gasteiger partial charge in [-0.15, -0.1) is 0 Å². The minimum absolute atomic E-state index is 0.943. The highest BCUT2D eigenvalue weighted by atomic mass is 15.3. The molecule has 0 saturated carbocycles. The van der Waals surface area contributed by atoms with Crippen molar-refractivity contribution in [1.82, 2.24) is 15.1 Å². The maximum absolute atomic E-state index is 3.51. The number of hydrogen-bond acceptors (Lipinski definition) is 3. The molecule has 0 aromatic carbocycles. The van der Waals surface area contributed by atoms with E-state index in [-0.39, 0.29) is 0 Å². The molecule has 2 heterocycles. The van der Waals surface area contributed by atoms with Crippen LogP contribution in [0.1, 0.15) is 26.2 Å². The molecule has 2 aliphatic rings. The molecule has 0 amide bonds. The third-order valence-corrected chi connectivity index (χ3v) is 4.16. The molecule has 0 spiro atoms. The van der Waals surface area contributed by atoms with E-state index in [1.807, 2.05) is 0 Å². The van der Waals surface area contributed by atoms with Crippen molar-refractivity contribution in [3.05, 3.63) is 0 Å². The van der Waals surface area contributed by atoms with Crippen LogP contribution in [-0.4, -0.2) is 62.2 Å². The highest BCUT2D eigenvalue weighted by molar-refractivity contribution is 4.74. The van der Waals surface area contributed by atoms with Crippen molar-refractivity contribution in [3.63, 3.8) is 0 Å². The van der Waals surface area contributed by atoms with Gasteiger partial charge in [-0.2, -0.15) is 0 Å². The van der Waals surface area contributed by atoms with Crippen molar-refractivity contribution < 1.29 is 0 Å². The van der Waals surface area contributed by atoms with Crippen molar-refractivity contribution in [1.29, 1.82) is 0 Å². The van der Waals surface area contributed by atoms with Gasteiger partial charge in [0.2, 0.25) is 0 Å². The molecule has 1 atom stereocenters. The highest BCUT2D eigenvalue weighted by Crippen LogP contribution is 2.15. The van der Waals surface area contributed by atoms with Gasteiger partial charge in [-0.1, -0.05) is 6.92 Å². The van der Waals surface area contributed by atoms with E-state index in [1.165, 1.54) is 71.6 Å². The molecule has 2 saturated heterocycles. The van der Waals surface area contributed by atoms with Crippen molar-refractivity contribution in [2.24, 2.45) is 5.92 Å². The number of likely N-dealkylation sites (N-methyl/N-ethyl adjacent to an activating group) is 1. The zero-order valence-corrected chi connectivity index (χ0v) is 10.7. The average Bonchev–Trinajstić information content (AvgIpc) is 2.38. The van der Waals surface area contributed by atoms with Crippen LogP contribution in [0.5, 0.6) is 0 Å². The fraction of sp³-hybridized carbons (Fsp3) is 1.00. The second-order valence-electron chi connectivity index (χ2n) is 5.28. The normalized spacial score (nSPS) is 29.4. The number of piperazine rings is 1. The van der Waals surface area contributed by atoms with Crippen LogP contribution in [0, 0.1) is 5.92 Å². The minimum atomic E-state index is 0.943. The molecule has 1 N–H and O–H groups in total. The molecule has 3 heteroatoms. The predicted octanol–water partition coefficient (Wildman–Crippen LogP) is 1.01. The van der Waals surface area contributed by atoms with Gasteiger partial charge in [-0.3, -0.25) is 0 Å². The number of nitrogens with one attached hydrogen (secondary N) is 1. The molecule has 0 unspecified atom stereocenters. The molecule has 3 nitrogen and oxygen atoms in total. The van der Waals surface area contributed by atoms with E-state index in [4.69, 9.17) is 0 Å². The van der Waals surface area contributed by atoms with E-state index in [9.17, 15) is 0 Å². The van der Waals surface area contributed by atoms with Gasteiger partial charge in [0.1, 0.15) is 0 Å². The Kier molecular flexibility index (Phi) is 5.07. The Hall–Kier alpha value is -0.120. The first-order valence-corrected chi connectivity index (χ1v) is 7.04. The van der Waals surface area contributed by atoms with Crippen molar-refractivity contribution in [2.45, 2.75) is 26.2 Å². The molecule has 0 aromatic rings. The third-order valence-electron chi connectivity index (χ3n) is 4.16. The second-order valence-corrected chi connectivity index (χ2v) is 5.28. The second kappa shape index (κ2) is 6.58. The van der Waals surface area contributed by atoms with Crippen LogP contribution < -0.4 is 5.32 Å². The molecule has 2 rings (SSSR count). The maximum atomic E-state index is 3.51. The molecule has 0 bridgehead atoms. The summed E-state index contributed by atoms with van der Waals surface area (Å²) in [5.41, 5.74) is 0. The fourth-order valence-electron chi connectivity index (χ4n) is 2.86. The summed E-state index contributed by atoms with van der Waals surface area (Å²) in [6.07, 6.45) is 4.23. The Balaban J connectivity index is 1.59. The topological polar surface area (TPSA) is 18.5 Å². The quantitative estimate of drug-likeness (QED) is 0.770. The van der Waals surface area contributed by atoms with Crippen LogP contribution in [-0.2, 0) is 0 Å². The summed E-state index contributed by atoms with van der Waals surface area (Å²) in [6, 6.07) is 0. The number of rotatable bonds is 4. The summed E-state index contributed by atoms with van der Waals surface area (Å²) in [6.45, 7) is 12.4. The van der Waals surface area contributed by atoms with Gasteiger partial charge in [0.25, 0.3) is 0 Å². The SMILES string of the molecule is CCN1CCN(CC[C@H]2CCCNC2)CC1. The van der Waals surface area contributed by atoms with E-state index < -0.39 is 0 Å². The molecule has 2 fully saturated rings. The summed E-state index contributed by atoms with van der Waals surface area (Å²) < 4.78 is 0.